The van der Waals surface area contributed by atoms with Gasteiger partial charge in [0.05, 0.1) is 13.2 Å². The van der Waals surface area contributed by atoms with Gasteiger partial charge in [-0.2, -0.15) is 0 Å². The first-order chi connectivity index (χ1) is 10.3. The molecule has 3 heterocycles. The van der Waals surface area contributed by atoms with E-state index in [2.05, 4.69) is 0 Å². The van der Waals surface area contributed by atoms with Crippen molar-refractivity contribution in [3.8, 4) is 0 Å². The molecule has 2 amide bonds. The number of hydrogen-bond acceptors (Lipinski definition) is 8. The fourth-order valence-corrected chi connectivity index (χ4v) is 2.73. The lowest BCUT2D eigenvalue weighted by Gasteiger charge is -2.33. The minimum atomic E-state index is -1.85. The molecule has 0 aromatic heterocycles. The second-order valence-corrected chi connectivity index (χ2v) is 5.68. The molecule has 0 aliphatic carbocycles. The Morgan fingerprint density at radius 3 is 2.77 bits per heavy atom. The Labute approximate surface area is 126 Å². The molecular formula is C13H17NO8. The molecular weight excluding hydrogens is 298 g/mol. The van der Waals surface area contributed by atoms with E-state index in [1.165, 1.54) is 0 Å². The predicted octanol–water partition coefficient (Wildman–Crippen LogP) is 0.411. The average molecular weight is 315 g/mol. The van der Waals surface area contributed by atoms with Gasteiger partial charge in [0.15, 0.2) is 11.9 Å². The van der Waals surface area contributed by atoms with Crippen LogP contribution in [0.5, 0.6) is 0 Å². The van der Waals surface area contributed by atoms with Gasteiger partial charge in [-0.3, -0.25) is 4.79 Å². The van der Waals surface area contributed by atoms with Crippen LogP contribution in [0.3, 0.4) is 0 Å². The van der Waals surface area contributed by atoms with Crippen LogP contribution < -0.4 is 0 Å². The lowest BCUT2D eigenvalue weighted by atomic mass is 9.99. The van der Waals surface area contributed by atoms with Crippen LogP contribution in [0.25, 0.3) is 0 Å². The first kappa shape index (κ1) is 15.2. The standard InChI is InChI=1S/C13H17NO8/c1-4-18-10(16)14-6-13(22-11(14)17)9(15)8-7(5-19-13)20-12(2,3)21-8/h7-8H,4-6H2,1-3H3/t7-,8-,13-/m1/s1. The fourth-order valence-electron chi connectivity index (χ4n) is 2.73. The lowest BCUT2D eigenvalue weighted by Crippen LogP contribution is -2.59. The Morgan fingerprint density at radius 1 is 1.36 bits per heavy atom. The Balaban J connectivity index is 1.79. The molecule has 122 valence electrons. The summed E-state index contributed by atoms with van der Waals surface area (Å²) < 4.78 is 26.3. The van der Waals surface area contributed by atoms with Crippen molar-refractivity contribution in [2.24, 2.45) is 0 Å². The normalized spacial score (nSPS) is 36.4. The zero-order valence-corrected chi connectivity index (χ0v) is 12.5. The molecule has 0 aromatic rings. The van der Waals surface area contributed by atoms with Crippen LogP contribution in [0.4, 0.5) is 9.59 Å². The molecule has 22 heavy (non-hydrogen) atoms. The molecule has 0 N–H and O–H groups in total. The third-order valence-electron chi connectivity index (χ3n) is 3.63. The monoisotopic (exact) mass is 315 g/mol. The Morgan fingerprint density at radius 2 is 2.09 bits per heavy atom. The summed E-state index contributed by atoms with van der Waals surface area (Å²) in [6, 6.07) is 0. The molecule has 3 saturated heterocycles. The van der Waals surface area contributed by atoms with Crippen molar-refractivity contribution in [3.05, 3.63) is 0 Å². The Bertz CT molecular complexity index is 532. The summed E-state index contributed by atoms with van der Waals surface area (Å²) in [7, 11) is 0. The number of imide groups is 1. The quantitative estimate of drug-likeness (QED) is 0.686. The molecule has 3 rings (SSSR count). The lowest BCUT2D eigenvalue weighted by molar-refractivity contribution is -0.219. The number of amides is 2. The van der Waals surface area contributed by atoms with Crippen molar-refractivity contribution < 1.29 is 38.1 Å². The minimum Gasteiger partial charge on any atom is -0.449 e. The van der Waals surface area contributed by atoms with Crippen LogP contribution in [0.1, 0.15) is 20.8 Å². The van der Waals surface area contributed by atoms with Gasteiger partial charge in [0.25, 0.3) is 5.79 Å². The zero-order chi connectivity index (χ0) is 16.1. The summed E-state index contributed by atoms with van der Waals surface area (Å²) in [5.41, 5.74) is 0. The van der Waals surface area contributed by atoms with Gasteiger partial charge in [0.2, 0.25) is 5.78 Å². The largest absolute Gasteiger partial charge is 0.449 e. The fraction of sp³-hybridized carbons (Fsp3) is 0.769. The molecule has 9 nitrogen and oxygen atoms in total. The van der Waals surface area contributed by atoms with Crippen LogP contribution in [-0.2, 0) is 28.5 Å². The van der Waals surface area contributed by atoms with Crippen molar-refractivity contribution in [2.75, 3.05) is 19.8 Å². The van der Waals surface area contributed by atoms with E-state index < -0.39 is 41.8 Å². The average Bonchev–Trinajstić information content (AvgIpc) is 2.93. The maximum atomic E-state index is 12.6. The highest BCUT2D eigenvalue weighted by atomic mass is 16.8. The van der Waals surface area contributed by atoms with Crippen molar-refractivity contribution in [1.29, 1.82) is 0 Å². The molecule has 1 spiro atoms. The van der Waals surface area contributed by atoms with Crippen LogP contribution in [0.2, 0.25) is 0 Å². The molecule has 3 aliphatic rings. The van der Waals surface area contributed by atoms with Gasteiger partial charge < -0.3 is 23.7 Å². The highest BCUT2D eigenvalue weighted by Crippen LogP contribution is 2.39. The van der Waals surface area contributed by atoms with Gasteiger partial charge in [0.1, 0.15) is 12.6 Å². The summed E-state index contributed by atoms with van der Waals surface area (Å²) in [5.74, 6) is -3.35. The van der Waals surface area contributed by atoms with Gasteiger partial charge in [-0.15, -0.1) is 0 Å². The van der Waals surface area contributed by atoms with E-state index >= 15 is 0 Å². The van der Waals surface area contributed by atoms with Gasteiger partial charge in [-0.1, -0.05) is 0 Å². The maximum absolute atomic E-state index is 12.6. The number of fused-ring (bicyclic) bond motifs is 1. The highest BCUT2D eigenvalue weighted by molar-refractivity contribution is 5.99. The van der Waals surface area contributed by atoms with Gasteiger partial charge >= 0.3 is 12.2 Å². The van der Waals surface area contributed by atoms with E-state index in [1.54, 1.807) is 20.8 Å². The smallest absolute Gasteiger partial charge is 0.422 e. The van der Waals surface area contributed by atoms with Crippen molar-refractivity contribution in [2.45, 2.75) is 44.6 Å². The van der Waals surface area contributed by atoms with Crippen LogP contribution in [0.15, 0.2) is 0 Å². The van der Waals surface area contributed by atoms with Gasteiger partial charge in [-0.25, -0.2) is 14.5 Å². The number of Topliss-reactive ketones (excluding diaryl/α,β-unsaturated/α-hetero) is 1. The SMILES string of the molecule is CCOC(=O)N1C[C@@]2(OC[C@H]3OC(C)(C)O[C@H]3C2=O)OC1=O. The summed E-state index contributed by atoms with van der Waals surface area (Å²) >= 11 is 0. The number of nitrogens with zero attached hydrogens (tertiary/aromatic N) is 1. The van der Waals surface area contributed by atoms with E-state index in [9.17, 15) is 14.4 Å². The molecule has 3 fully saturated rings. The number of rotatable bonds is 1. The molecule has 0 aromatic carbocycles. The molecule has 9 heteroatoms. The topological polar surface area (TPSA) is 101 Å². The molecule has 0 radical (unpaired) electrons. The number of carbonyl (C=O) groups is 3. The Kier molecular flexibility index (Phi) is 3.38. The molecule has 0 unspecified atom stereocenters. The first-order valence-corrected chi connectivity index (χ1v) is 6.99. The molecule has 0 saturated carbocycles. The Hall–Kier alpha value is -1.71. The summed E-state index contributed by atoms with van der Waals surface area (Å²) in [6.07, 6.45) is -3.34. The third-order valence-corrected chi connectivity index (χ3v) is 3.63. The predicted molar refractivity (Wildman–Crippen MR) is 67.7 cm³/mol. The van der Waals surface area contributed by atoms with Crippen molar-refractivity contribution in [1.82, 2.24) is 4.90 Å². The van der Waals surface area contributed by atoms with Gasteiger partial charge in [0, 0.05) is 0 Å². The van der Waals surface area contributed by atoms with E-state index in [0.29, 0.717) is 4.90 Å². The minimum absolute atomic E-state index is 0.0176. The van der Waals surface area contributed by atoms with E-state index in [0.717, 1.165) is 0 Å². The van der Waals surface area contributed by atoms with E-state index in [1.807, 2.05) is 0 Å². The second kappa shape index (κ2) is 4.90. The van der Waals surface area contributed by atoms with Crippen molar-refractivity contribution >= 4 is 18.0 Å². The summed E-state index contributed by atoms with van der Waals surface area (Å²) in [5, 5.41) is 0. The van der Waals surface area contributed by atoms with Crippen LogP contribution in [-0.4, -0.2) is 66.4 Å². The molecule has 3 aliphatic heterocycles. The highest BCUT2D eigenvalue weighted by Gasteiger charge is 2.63. The number of carbonyl (C=O) groups excluding carboxylic acids is 3. The number of hydrogen-bond donors (Lipinski definition) is 0. The number of ether oxygens (including phenoxy) is 5. The summed E-state index contributed by atoms with van der Waals surface area (Å²) in [4.78, 5) is 36.8. The third kappa shape index (κ3) is 2.25. The maximum Gasteiger partial charge on any atom is 0.422 e. The molecule has 3 atom stereocenters. The van der Waals surface area contributed by atoms with E-state index in [4.69, 9.17) is 23.7 Å². The van der Waals surface area contributed by atoms with Gasteiger partial charge in [-0.05, 0) is 20.8 Å². The van der Waals surface area contributed by atoms with Crippen LogP contribution >= 0.6 is 0 Å². The second-order valence-electron chi connectivity index (χ2n) is 5.68. The van der Waals surface area contributed by atoms with Crippen molar-refractivity contribution in [3.63, 3.8) is 0 Å². The first-order valence-electron chi connectivity index (χ1n) is 6.99. The van der Waals surface area contributed by atoms with E-state index in [-0.39, 0.29) is 19.8 Å². The zero-order valence-electron chi connectivity index (χ0n) is 12.5. The van der Waals surface area contributed by atoms with Crippen LogP contribution in [0, 0.1) is 0 Å². The number of ketones is 1. The molecule has 0 bridgehead atoms. The summed E-state index contributed by atoms with van der Waals surface area (Å²) in [6.45, 7) is 4.71.